The van der Waals surface area contributed by atoms with Gasteiger partial charge in [0.1, 0.15) is 38.6 Å². The Hall–Kier alpha value is -2.02. The van der Waals surface area contributed by atoms with Gasteiger partial charge < -0.3 is 29.2 Å². The lowest BCUT2D eigenvalue weighted by Gasteiger charge is -2.12. The third kappa shape index (κ3) is 16.6. The van der Waals surface area contributed by atoms with Crippen LogP contribution in [0.5, 0.6) is 0 Å². The Labute approximate surface area is 195 Å². The van der Waals surface area contributed by atoms with Crippen LogP contribution in [0.1, 0.15) is 26.7 Å². The number of ether oxygens (including phenoxy) is 4. The normalized spacial score (nSPS) is 12.2. The van der Waals surface area contributed by atoms with Crippen molar-refractivity contribution in [1.82, 2.24) is 0 Å². The van der Waals surface area contributed by atoms with Crippen LogP contribution in [0.15, 0.2) is 24.3 Å². The van der Waals surface area contributed by atoms with Crippen LogP contribution >= 0.6 is 21.6 Å². The maximum Gasteiger partial charge on any atom is 0.333 e. The summed E-state index contributed by atoms with van der Waals surface area (Å²) in [4.78, 5) is 45.6. The van der Waals surface area contributed by atoms with Crippen LogP contribution in [0.2, 0.25) is 0 Å². The second kappa shape index (κ2) is 17.5. The number of hydrogen-bond acceptors (Lipinski definition) is 12. The quantitative estimate of drug-likeness (QED) is 0.0984. The van der Waals surface area contributed by atoms with Gasteiger partial charge in [0.15, 0.2) is 0 Å². The molecule has 2 atom stereocenters. The first-order chi connectivity index (χ1) is 15.0. The Kier molecular flexibility index (Phi) is 16.4. The van der Waals surface area contributed by atoms with E-state index in [0.717, 1.165) is 0 Å². The molecule has 0 aromatic carbocycles. The number of carbonyl (C=O) groups is 4. The predicted octanol–water partition coefficient (Wildman–Crippen LogP) is 1.19. The fourth-order valence-electron chi connectivity index (χ4n) is 1.58. The van der Waals surface area contributed by atoms with Crippen LogP contribution in [0.4, 0.5) is 0 Å². The van der Waals surface area contributed by atoms with Crippen molar-refractivity contribution in [2.75, 3.05) is 37.9 Å². The second-order valence-corrected chi connectivity index (χ2v) is 9.28. The van der Waals surface area contributed by atoms with Crippen molar-refractivity contribution in [2.45, 2.75) is 38.9 Å². The standard InChI is InChI=1S/C20H30O10S2/c1-13(2)19(25)29-11-15(21)9-27-17(23)5-7-31-32-8-6-18(24)28-10-16(22)12-30-20(26)14(3)4/h15-16,21-22H,1,3,5-12H2,2,4H3. The Morgan fingerprint density at radius 3 is 1.31 bits per heavy atom. The number of aliphatic hydroxyl groups excluding tert-OH is 2. The van der Waals surface area contributed by atoms with E-state index in [0.29, 0.717) is 11.5 Å². The molecule has 32 heavy (non-hydrogen) atoms. The van der Waals surface area contributed by atoms with Crippen molar-refractivity contribution in [3.05, 3.63) is 24.3 Å². The van der Waals surface area contributed by atoms with Crippen molar-refractivity contribution in [2.24, 2.45) is 0 Å². The first kappa shape index (κ1) is 30.0. The van der Waals surface area contributed by atoms with Gasteiger partial charge in [-0.25, -0.2) is 9.59 Å². The number of aliphatic hydroxyl groups is 2. The Morgan fingerprint density at radius 1 is 0.688 bits per heavy atom. The van der Waals surface area contributed by atoms with Crippen molar-refractivity contribution < 1.29 is 48.3 Å². The van der Waals surface area contributed by atoms with Crippen molar-refractivity contribution in [3.63, 3.8) is 0 Å². The molecule has 12 heteroatoms. The summed E-state index contributed by atoms with van der Waals surface area (Å²) < 4.78 is 19.3. The minimum atomic E-state index is -1.12. The van der Waals surface area contributed by atoms with Gasteiger partial charge in [-0.3, -0.25) is 9.59 Å². The molecule has 2 unspecified atom stereocenters. The third-order valence-corrected chi connectivity index (χ3v) is 5.65. The molecule has 0 aromatic rings. The van der Waals surface area contributed by atoms with E-state index in [2.05, 4.69) is 13.2 Å². The lowest BCUT2D eigenvalue weighted by atomic mass is 10.3. The minimum Gasteiger partial charge on any atom is -0.463 e. The first-order valence-corrected chi connectivity index (χ1v) is 12.1. The van der Waals surface area contributed by atoms with E-state index in [-0.39, 0.29) is 50.4 Å². The van der Waals surface area contributed by atoms with E-state index in [4.69, 9.17) is 18.9 Å². The van der Waals surface area contributed by atoms with Gasteiger partial charge in [-0.1, -0.05) is 34.7 Å². The molecule has 182 valence electrons. The third-order valence-electron chi connectivity index (χ3n) is 3.25. The zero-order valence-corrected chi connectivity index (χ0v) is 19.8. The van der Waals surface area contributed by atoms with Crippen LogP contribution < -0.4 is 0 Å². The molecule has 0 amide bonds. The molecule has 0 heterocycles. The van der Waals surface area contributed by atoms with Crippen molar-refractivity contribution in [3.8, 4) is 0 Å². The summed E-state index contributed by atoms with van der Waals surface area (Å²) in [5, 5.41) is 19.2. The number of rotatable bonds is 17. The topological polar surface area (TPSA) is 146 Å². The van der Waals surface area contributed by atoms with Crippen molar-refractivity contribution >= 4 is 45.5 Å². The molecule has 10 nitrogen and oxygen atoms in total. The molecule has 0 rings (SSSR count). The minimum absolute atomic E-state index is 0.107. The molecule has 0 fully saturated rings. The SMILES string of the molecule is C=C(C)C(=O)OCC(O)COC(=O)CCSSCCC(=O)OCC(O)COC(=O)C(=C)C. The van der Waals surface area contributed by atoms with Gasteiger partial charge in [-0.2, -0.15) is 0 Å². The van der Waals surface area contributed by atoms with E-state index < -0.39 is 36.1 Å². The fraction of sp³-hybridized carbons (Fsp3) is 0.600. The molecule has 0 aromatic heterocycles. The van der Waals surface area contributed by atoms with Gasteiger partial charge in [0.25, 0.3) is 0 Å². The average Bonchev–Trinajstić information content (AvgIpc) is 2.74. The van der Waals surface area contributed by atoms with E-state index >= 15 is 0 Å². The van der Waals surface area contributed by atoms with Crippen LogP contribution in [-0.2, 0) is 38.1 Å². The largest absolute Gasteiger partial charge is 0.463 e. The lowest BCUT2D eigenvalue weighted by Crippen LogP contribution is -2.25. The summed E-state index contributed by atoms with van der Waals surface area (Å²) in [5.41, 5.74) is 0.410. The second-order valence-electron chi connectivity index (χ2n) is 6.58. The average molecular weight is 495 g/mol. The summed E-state index contributed by atoms with van der Waals surface area (Å²) >= 11 is 0. The first-order valence-electron chi connectivity index (χ1n) is 9.60. The number of esters is 4. The van der Waals surface area contributed by atoms with E-state index in [1.54, 1.807) is 0 Å². The Bertz CT molecular complexity index is 609. The summed E-state index contributed by atoms with van der Waals surface area (Å²) in [6, 6.07) is 0. The molecule has 0 saturated carbocycles. The smallest absolute Gasteiger partial charge is 0.333 e. The number of hydrogen-bond donors (Lipinski definition) is 2. The van der Waals surface area contributed by atoms with E-state index in [1.165, 1.54) is 35.4 Å². The van der Waals surface area contributed by atoms with Gasteiger partial charge in [0.2, 0.25) is 0 Å². The highest BCUT2D eigenvalue weighted by molar-refractivity contribution is 8.76. The van der Waals surface area contributed by atoms with E-state index in [1.807, 2.05) is 0 Å². The summed E-state index contributed by atoms with van der Waals surface area (Å²) in [6.07, 6.45) is -2.02. The zero-order valence-electron chi connectivity index (χ0n) is 18.2. The van der Waals surface area contributed by atoms with Crippen LogP contribution in [-0.4, -0.2) is 84.2 Å². The van der Waals surface area contributed by atoms with Gasteiger partial charge in [0.05, 0.1) is 12.8 Å². The van der Waals surface area contributed by atoms with Crippen molar-refractivity contribution in [1.29, 1.82) is 0 Å². The Morgan fingerprint density at radius 2 is 1.00 bits per heavy atom. The summed E-state index contributed by atoms with van der Waals surface area (Å²) in [6.45, 7) is 8.60. The van der Waals surface area contributed by atoms with Gasteiger partial charge >= 0.3 is 23.9 Å². The highest BCUT2D eigenvalue weighted by Crippen LogP contribution is 2.23. The van der Waals surface area contributed by atoms with E-state index in [9.17, 15) is 29.4 Å². The molecular weight excluding hydrogens is 464 g/mol. The highest BCUT2D eigenvalue weighted by atomic mass is 33.1. The molecule has 0 saturated heterocycles. The van der Waals surface area contributed by atoms with Gasteiger partial charge in [0, 0.05) is 22.7 Å². The molecule has 0 aliphatic rings. The molecule has 2 N–H and O–H groups in total. The van der Waals surface area contributed by atoms with Gasteiger partial charge in [-0.15, -0.1) is 0 Å². The molecule has 0 radical (unpaired) electrons. The number of carbonyl (C=O) groups excluding carboxylic acids is 4. The predicted molar refractivity (Wildman–Crippen MR) is 120 cm³/mol. The fourth-order valence-corrected chi connectivity index (χ4v) is 3.52. The maximum atomic E-state index is 11.6. The summed E-state index contributed by atoms with van der Waals surface area (Å²) in [5.74, 6) is -1.41. The van der Waals surface area contributed by atoms with Crippen LogP contribution in [0.25, 0.3) is 0 Å². The van der Waals surface area contributed by atoms with Crippen LogP contribution in [0.3, 0.4) is 0 Å². The highest BCUT2D eigenvalue weighted by Gasteiger charge is 2.14. The summed E-state index contributed by atoms with van der Waals surface area (Å²) in [7, 11) is 2.73. The molecule has 0 aliphatic heterocycles. The van der Waals surface area contributed by atoms with Crippen LogP contribution in [0, 0.1) is 0 Å². The molecule has 0 bridgehead atoms. The van der Waals surface area contributed by atoms with Gasteiger partial charge in [-0.05, 0) is 13.8 Å². The lowest BCUT2D eigenvalue weighted by molar-refractivity contribution is -0.151. The Balaban J connectivity index is 3.69. The molecule has 0 aliphatic carbocycles. The maximum absolute atomic E-state index is 11.6. The zero-order chi connectivity index (χ0) is 24.5. The monoisotopic (exact) mass is 494 g/mol. The molecule has 0 spiro atoms. The molecular formula is C20H30O10S2.